The van der Waals surface area contributed by atoms with E-state index in [2.05, 4.69) is 36.0 Å². The first-order chi connectivity index (χ1) is 13.4. The number of amides is 1. The monoisotopic (exact) mass is 384 g/mol. The molecule has 2 aromatic heterocycles. The van der Waals surface area contributed by atoms with Crippen molar-refractivity contribution < 1.29 is 13.9 Å². The van der Waals surface area contributed by atoms with Crippen LogP contribution in [-0.2, 0) is 9.53 Å². The van der Waals surface area contributed by atoms with E-state index >= 15 is 0 Å². The Morgan fingerprint density at radius 1 is 1.21 bits per heavy atom. The molecule has 4 heterocycles. The summed E-state index contributed by atoms with van der Waals surface area (Å²) in [4.78, 5) is 18.9. The number of nitrogens with zero attached hydrogens (tertiary/aromatic N) is 4. The van der Waals surface area contributed by atoms with Crippen LogP contribution in [0.1, 0.15) is 51.8 Å². The molecule has 0 N–H and O–H groups in total. The maximum Gasteiger partial charge on any atom is 0.247 e. The molecule has 0 aliphatic carbocycles. The lowest BCUT2D eigenvalue weighted by Crippen LogP contribution is -2.38. The third kappa shape index (κ3) is 3.81. The minimum Gasteiger partial charge on any atom is -0.420 e. The number of hydrogen-bond donors (Lipinski definition) is 0. The van der Waals surface area contributed by atoms with E-state index in [9.17, 15) is 4.79 Å². The van der Waals surface area contributed by atoms with Gasteiger partial charge in [0, 0.05) is 56.1 Å². The summed E-state index contributed by atoms with van der Waals surface area (Å²) in [6, 6.07) is 3.71. The van der Waals surface area contributed by atoms with Crippen LogP contribution in [0.25, 0.3) is 11.5 Å². The predicted molar refractivity (Wildman–Crippen MR) is 103 cm³/mol. The Hall–Kier alpha value is -2.28. The van der Waals surface area contributed by atoms with Gasteiger partial charge >= 0.3 is 0 Å². The Bertz CT molecular complexity index is 822. The molecule has 7 heteroatoms. The van der Waals surface area contributed by atoms with E-state index < -0.39 is 0 Å². The summed E-state index contributed by atoms with van der Waals surface area (Å²) in [5.41, 5.74) is 0.777. The van der Waals surface area contributed by atoms with E-state index in [0.717, 1.165) is 24.9 Å². The molecule has 2 aromatic rings. The molecule has 0 radical (unpaired) electrons. The van der Waals surface area contributed by atoms with Gasteiger partial charge in [0.05, 0.1) is 5.92 Å². The van der Waals surface area contributed by atoms with Crippen LogP contribution < -0.4 is 0 Å². The predicted octanol–water partition coefficient (Wildman–Crippen LogP) is 3.29. The second kappa shape index (κ2) is 7.28. The van der Waals surface area contributed by atoms with Gasteiger partial charge < -0.3 is 14.1 Å². The van der Waals surface area contributed by atoms with Crippen molar-refractivity contribution in [3.63, 3.8) is 0 Å². The fraction of sp³-hybridized carbons (Fsp3) is 0.619. The molecule has 150 valence electrons. The average Bonchev–Trinajstić information content (AvgIpc) is 3.27. The molecule has 4 rings (SSSR count). The number of hydrogen-bond acceptors (Lipinski definition) is 6. The molecule has 28 heavy (non-hydrogen) atoms. The van der Waals surface area contributed by atoms with Gasteiger partial charge in [-0.3, -0.25) is 9.78 Å². The first-order valence-corrected chi connectivity index (χ1v) is 9.96. The summed E-state index contributed by atoms with van der Waals surface area (Å²) >= 11 is 0. The summed E-state index contributed by atoms with van der Waals surface area (Å²) in [6.07, 6.45) is 5.77. The van der Waals surface area contributed by atoms with Crippen molar-refractivity contribution in [3.8, 4) is 11.5 Å². The Balaban J connectivity index is 1.60. The Kier molecular flexibility index (Phi) is 4.95. The highest BCUT2D eigenvalue weighted by Gasteiger charge is 2.51. The SMILES string of the molecule is CC(C)(C)CC(=O)N1CC(c2nnc(-c3ccncc3)o2)C2(CCOCC2)C1. The van der Waals surface area contributed by atoms with Crippen LogP contribution >= 0.6 is 0 Å². The third-order valence-corrected chi connectivity index (χ3v) is 5.84. The van der Waals surface area contributed by atoms with Crippen molar-refractivity contribution in [2.75, 3.05) is 26.3 Å². The molecule has 1 spiro atoms. The van der Waals surface area contributed by atoms with Crippen LogP contribution in [0.3, 0.4) is 0 Å². The molecule has 1 atom stereocenters. The number of carbonyl (C=O) groups excluding carboxylic acids is 1. The normalized spacial score (nSPS) is 22.0. The van der Waals surface area contributed by atoms with Gasteiger partial charge in [0.25, 0.3) is 0 Å². The second-order valence-electron chi connectivity index (χ2n) is 9.22. The second-order valence-corrected chi connectivity index (χ2v) is 9.22. The number of ether oxygens (including phenoxy) is 1. The number of carbonyl (C=O) groups is 1. The maximum atomic E-state index is 12.9. The lowest BCUT2D eigenvalue weighted by atomic mass is 9.72. The fourth-order valence-electron chi connectivity index (χ4n) is 4.34. The summed E-state index contributed by atoms with van der Waals surface area (Å²) in [5, 5.41) is 8.64. The maximum absolute atomic E-state index is 12.9. The molecule has 2 fully saturated rings. The molecule has 2 aliphatic rings. The molecule has 0 bridgehead atoms. The standard InChI is InChI=1S/C21H28N4O3/c1-20(2,3)12-17(26)25-13-16(21(14-25)6-10-27-11-7-21)19-24-23-18(28-19)15-4-8-22-9-5-15/h4-5,8-9,16H,6-7,10-14H2,1-3H3. The van der Waals surface area contributed by atoms with E-state index in [1.165, 1.54) is 0 Å². The van der Waals surface area contributed by atoms with Crippen LogP contribution in [0.15, 0.2) is 28.9 Å². The van der Waals surface area contributed by atoms with E-state index in [0.29, 0.717) is 38.0 Å². The van der Waals surface area contributed by atoms with E-state index in [4.69, 9.17) is 9.15 Å². The molecule has 0 aromatic carbocycles. The van der Waals surface area contributed by atoms with Crippen molar-refractivity contribution in [2.45, 2.75) is 46.0 Å². The highest BCUT2D eigenvalue weighted by Crippen LogP contribution is 2.49. The van der Waals surface area contributed by atoms with E-state index in [1.54, 1.807) is 12.4 Å². The highest BCUT2D eigenvalue weighted by atomic mass is 16.5. The summed E-state index contributed by atoms with van der Waals surface area (Å²) in [6.45, 7) is 9.09. The van der Waals surface area contributed by atoms with Gasteiger partial charge in [-0.2, -0.15) is 0 Å². The molecule has 1 amide bonds. The topological polar surface area (TPSA) is 81.4 Å². The van der Waals surface area contributed by atoms with Crippen molar-refractivity contribution in [1.29, 1.82) is 0 Å². The van der Waals surface area contributed by atoms with Crippen molar-refractivity contribution in [1.82, 2.24) is 20.1 Å². The van der Waals surface area contributed by atoms with Crippen LogP contribution in [0, 0.1) is 10.8 Å². The average molecular weight is 384 g/mol. The van der Waals surface area contributed by atoms with Crippen LogP contribution in [0.2, 0.25) is 0 Å². The Morgan fingerprint density at radius 3 is 2.61 bits per heavy atom. The van der Waals surface area contributed by atoms with Gasteiger partial charge in [-0.05, 0) is 30.4 Å². The van der Waals surface area contributed by atoms with Crippen molar-refractivity contribution in [2.24, 2.45) is 10.8 Å². The molecular formula is C21H28N4O3. The molecule has 7 nitrogen and oxygen atoms in total. The van der Waals surface area contributed by atoms with Crippen molar-refractivity contribution in [3.05, 3.63) is 30.4 Å². The third-order valence-electron chi connectivity index (χ3n) is 5.84. The lowest BCUT2D eigenvalue weighted by Gasteiger charge is -2.36. The molecule has 2 saturated heterocycles. The summed E-state index contributed by atoms with van der Waals surface area (Å²) < 4.78 is 11.7. The van der Waals surface area contributed by atoms with Gasteiger partial charge in [-0.15, -0.1) is 10.2 Å². The van der Waals surface area contributed by atoms with Crippen LogP contribution in [-0.4, -0.2) is 52.3 Å². The Morgan fingerprint density at radius 2 is 1.93 bits per heavy atom. The van der Waals surface area contributed by atoms with E-state index in [-0.39, 0.29) is 22.7 Å². The van der Waals surface area contributed by atoms with Gasteiger partial charge in [0.1, 0.15) is 0 Å². The zero-order chi connectivity index (χ0) is 19.8. The minimum absolute atomic E-state index is 0.0307. The molecule has 0 saturated carbocycles. The van der Waals surface area contributed by atoms with Gasteiger partial charge in [-0.25, -0.2) is 0 Å². The lowest BCUT2D eigenvalue weighted by molar-refractivity contribution is -0.132. The first-order valence-electron chi connectivity index (χ1n) is 9.96. The quantitative estimate of drug-likeness (QED) is 0.808. The molecule has 2 aliphatic heterocycles. The largest absolute Gasteiger partial charge is 0.420 e. The molecular weight excluding hydrogens is 356 g/mol. The summed E-state index contributed by atoms with van der Waals surface area (Å²) in [7, 11) is 0. The van der Waals surface area contributed by atoms with Gasteiger partial charge in [0.15, 0.2) is 0 Å². The van der Waals surface area contributed by atoms with Crippen molar-refractivity contribution >= 4 is 5.91 Å². The number of rotatable bonds is 3. The number of likely N-dealkylation sites (tertiary alicyclic amines) is 1. The highest BCUT2D eigenvalue weighted by molar-refractivity contribution is 5.77. The van der Waals surface area contributed by atoms with Gasteiger partial charge in [0.2, 0.25) is 17.7 Å². The number of aromatic nitrogens is 3. The Labute approximate surface area is 165 Å². The zero-order valence-corrected chi connectivity index (χ0v) is 16.9. The van der Waals surface area contributed by atoms with Crippen LogP contribution in [0.4, 0.5) is 0 Å². The zero-order valence-electron chi connectivity index (χ0n) is 16.9. The van der Waals surface area contributed by atoms with Crippen LogP contribution in [0.5, 0.6) is 0 Å². The van der Waals surface area contributed by atoms with E-state index in [1.807, 2.05) is 17.0 Å². The van der Waals surface area contributed by atoms with Gasteiger partial charge in [-0.1, -0.05) is 20.8 Å². The fourth-order valence-corrected chi connectivity index (χ4v) is 4.34. The number of pyridine rings is 1. The minimum atomic E-state index is -0.0478. The molecule has 1 unspecified atom stereocenters. The smallest absolute Gasteiger partial charge is 0.247 e. The first kappa shape index (κ1) is 19.1. The summed E-state index contributed by atoms with van der Waals surface area (Å²) in [5.74, 6) is 1.37.